The van der Waals surface area contributed by atoms with E-state index in [0.717, 1.165) is 50.5 Å². The summed E-state index contributed by atoms with van der Waals surface area (Å²) in [4.78, 5) is 43.6. The SMILES string of the molecule is Cn1cc(C(=O)C(=O)N2CCCCCCC2)c2cc(C(=O)N3CCC(Cc4ccc(F)cc4)CC3)c(Cl)cc21. The van der Waals surface area contributed by atoms with E-state index < -0.39 is 11.7 Å². The van der Waals surface area contributed by atoms with Gasteiger partial charge in [0.15, 0.2) is 0 Å². The Morgan fingerprint density at radius 3 is 2.18 bits per heavy atom. The highest BCUT2D eigenvalue weighted by Crippen LogP contribution is 2.31. The van der Waals surface area contributed by atoms with Crippen LogP contribution in [0.25, 0.3) is 10.9 Å². The van der Waals surface area contributed by atoms with Crippen LogP contribution in [-0.4, -0.2) is 58.1 Å². The lowest BCUT2D eigenvalue weighted by Crippen LogP contribution is -2.39. The molecule has 3 aromatic rings. The van der Waals surface area contributed by atoms with E-state index in [4.69, 9.17) is 11.6 Å². The van der Waals surface area contributed by atoms with Crippen LogP contribution in [0.3, 0.4) is 0 Å². The number of fused-ring (bicyclic) bond motifs is 1. The summed E-state index contributed by atoms with van der Waals surface area (Å²) in [6.45, 7) is 2.41. The van der Waals surface area contributed by atoms with E-state index in [1.807, 2.05) is 24.1 Å². The average Bonchev–Trinajstić information content (AvgIpc) is 3.23. The minimum Gasteiger partial charge on any atom is -0.350 e. The molecule has 5 rings (SSSR count). The molecule has 0 aliphatic carbocycles. The van der Waals surface area contributed by atoms with Crippen LogP contribution in [0.1, 0.15) is 71.2 Å². The molecule has 2 saturated heterocycles. The number of hydrogen-bond donors (Lipinski definition) is 0. The first-order chi connectivity index (χ1) is 18.8. The van der Waals surface area contributed by atoms with Gasteiger partial charge in [-0.2, -0.15) is 0 Å². The van der Waals surface area contributed by atoms with E-state index in [2.05, 4.69) is 0 Å². The molecule has 2 aliphatic rings. The molecule has 0 N–H and O–H groups in total. The summed E-state index contributed by atoms with van der Waals surface area (Å²) in [7, 11) is 1.81. The molecule has 0 saturated carbocycles. The van der Waals surface area contributed by atoms with E-state index in [9.17, 15) is 18.8 Å². The van der Waals surface area contributed by atoms with Gasteiger partial charge in [0.2, 0.25) is 0 Å². The molecule has 2 aromatic carbocycles. The summed E-state index contributed by atoms with van der Waals surface area (Å²) in [6.07, 6.45) is 9.34. The van der Waals surface area contributed by atoms with E-state index in [-0.39, 0.29) is 11.7 Å². The van der Waals surface area contributed by atoms with Gasteiger partial charge >= 0.3 is 0 Å². The van der Waals surface area contributed by atoms with Crippen molar-refractivity contribution in [2.75, 3.05) is 26.2 Å². The van der Waals surface area contributed by atoms with E-state index in [1.54, 1.807) is 27.8 Å². The molecule has 206 valence electrons. The number of benzene rings is 2. The Balaban J connectivity index is 1.32. The average molecular weight is 552 g/mol. The second-order valence-corrected chi connectivity index (χ2v) is 11.4. The third kappa shape index (κ3) is 6.03. The minimum atomic E-state index is -0.538. The third-order valence-corrected chi connectivity index (χ3v) is 8.54. The van der Waals surface area contributed by atoms with Gasteiger partial charge in [-0.3, -0.25) is 14.4 Å². The monoisotopic (exact) mass is 551 g/mol. The molecular formula is C31H35ClFN3O3. The van der Waals surface area contributed by atoms with Crippen LogP contribution in [0.5, 0.6) is 0 Å². The molecule has 2 amide bonds. The number of aryl methyl sites for hydroxylation is 1. The van der Waals surface area contributed by atoms with Gasteiger partial charge < -0.3 is 14.4 Å². The van der Waals surface area contributed by atoms with Gasteiger partial charge in [-0.1, -0.05) is 43.0 Å². The van der Waals surface area contributed by atoms with Crippen LogP contribution in [-0.2, 0) is 18.3 Å². The van der Waals surface area contributed by atoms with Gasteiger partial charge in [-0.25, -0.2) is 4.39 Å². The summed E-state index contributed by atoms with van der Waals surface area (Å²) in [5.41, 5.74) is 2.46. The van der Waals surface area contributed by atoms with Gasteiger partial charge in [0.05, 0.1) is 21.7 Å². The Morgan fingerprint density at radius 2 is 1.51 bits per heavy atom. The number of carbonyl (C=O) groups excluding carboxylic acids is 3. The lowest BCUT2D eigenvalue weighted by atomic mass is 9.90. The maximum atomic E-state index is 13.5. The smallest absolute Gasteiger partial charge is 0.295 e. The summed E-state index contributed by atoms with van der Waals surface area (Å²) in [5, 5.41) is 0.901. The van der Waals surface area contributed by atoms with Gasteiger partial charge in [-0.05, 0) is 67.9 Å². The molecule has 0 unspecified atom stereocenters. The Hall–Kier alpha value is -3.19. The summed E-state index contributed by atoms with van der Waals surface area (Å²) in [6, 6.07) is 10.00. The second kappa shape index (κ2) is 11.9. The molecule has 3 heterocycles. The normalized spacial score (nSPS) is 17.2. The van der Waals surface area contributed by atoms with Crippen molar-refractivity contribution in [2.24, 2.45) is 13.0 Å². The molecule has 0 spiro atoms. The lowest BCUT2D eigenvalue weighted by molar-refractivity contribution is -0.126. The van der Waals surface area contributed by atoms with Crippen molar-refractivity contribution in [3.8, 4) is 0 Å². The second-order valence-electron chi connectivity index (χ2n) is 11.0. The maximum absolute atomic E-state index is 13.5. The first-order valence-corrected chi connectivity index (χ1v) is 14.4. The number of rotatable bonds is 5. The van der Waals surface area contributed by atoms with Crippen LogP contribution in [0.4, 0.5) is 4.39 Å². The standard InChI is InChI=1S/C31H35ClFN3O3/c1-34-20-26(29(37)31(39)35-13-5-3-2-4-6-14-35)24-18-25(27(32)19-28(24)34)30(38)36-15-11-22(12-16-36)17-21-7-9-23(33)10-8-21/h7-10,18-20,22H,2-6,11-17H2,1H3. The molecule has 6 nitrogen and oxygen atoms in total. The summed E-state index contributed by atoms with van der Waals surface area (Å²) >= 11 is 6.59. The highest BCUT2D eigenvalue weighted by atomic mass is 35.5. The summed E-state index contributed by atoms with van der Waals surface area (Å²) < 4.78 is 15.0. The highest BCUT2D eigenvalue weighted by Gasteiger charge is 2.29. The van der Waals surface area contributed by atoms with Crippen LogP contribution in [0, 0.1) is 11.7 Å². The number of aromatic nitrogens is 1. The van der Waals surface area contributed by atoms with E-state index in [0.29, 0.717) is 59.1 Å². The largest absolute Gasteiger partial charge is 0.350 e. The Morgan fingerprint density at radius 1 is 0.872 bits per heavy atom. The fraction of sp³-hybridized carbons (Fsp3) is 0.452. The number of likely N-dealkylation sites (tertiary alicyclic amines) is 2. The van der Waals surface area contributed by atoms with Gasteiger partial charge in [0.25, 0.3) is 17.6 Å². The molecule has 2 fully saturated rings. The quantitative estimate of drug-likeness (QED) is 0.287. The van der Waals surface area contributed by atoms with Crippen molar-refractivity contribution in [3.05, 3.63) is 70.1 Å². The molecule has 8 heteroatoms. The zero-order chi connectivity index (χ0) is 27.5. The fourth-order valence-electron chi connectivity index (χ4n) is 5.92. The Kier molecular flexibility index (Phi) is 8.36. The van der Waals surface area contributed by atoms with Crippen molar-refractivity contribution >= 4 is 40.1 Å². The minimum absolute atomic E-state index is 0.167. The molecule has 0 bridgehead atoms. The van der Waals surface area contributed by atoms with Gasteiger partial charge in [0, 0.05) is 44.8 Å². The third-order valence-electron chi connectivity index (χ3n) is 8.23. The first kappa shape index (κ1) is 27.4. The number of hydrogen-bond acceptors (Lipinski definition) is 3. The van der Waals surface area contributed by atoms with Crippen molar-refractivity contribution in [3.63, 3.8) is 0 Å². The molecule has 0 atom stereocenters. The number of piperidine rings is 1. The van der Waals surface area contributed by atoms with Crippen molar-refractivity contribution in [2.45, 2.75) is 51.4 Å². The molecular weight excluding hydrogens is 517 g/mol. The number of carbonyl (C=O) groups is 3. The summed E-state index contributed by atoms with van der Waals surface area (Å²) in [5.74, 6) is -0.999. The number of halogens is 2. The lowest BCUT2D eigenvalue weighted by Gasteiger charge is -2.32. The zero-order valence-electron chi connectivity index (χ0n) is 22.4. The number of amides is 2. The molecule has 1 aromatic heterocycles. The van der Waals surface area contributed by atoms with Crippen LogP contribution >= 0.6 is 11.6 Å². The van der Waals surface area contributed by atoms with Crippen molar-refractivity contribution in [1.29, 1.82) is 0 Å². The number of ketones is 1. The number of Topliss-reactive ketones (excluding diaryl/α,β-unsaturated/α-hetero) is 1. The van der Waals surface area contributed by atoms with E-state index >= 15 is 0 Å². The fourth-order valence-corrected chi connectivity index (χ4v) is 6.16. The predicted octanol–water partition coefficient (Wildman–Crippen LogP) is 6.04. The van der Waals surface area contributed by atoms with Crippen LogP contribution in [0.15, 0.2) is 42.6 Å². The zero-order valence-corrected chi connectivity index (χ0v) is 23.2. The molecule has 0 radical (unpaired) electrons. The van der Waals surface area contributed by atoms with Crippen molar-refractivity contribution in [1.82, 2.24) is 14.4 Å². The highest BCUT2D eigenvalue weighted by molar-refractivity contribution is 6.45. The molecule has 2 aliphatic heterocycles. The van der Waals surface area contributed by atoms with Crippen LogP contribution in [0.2, 0.25) is 5.02 Å². The van der Waals surface area contributed by atoms with Gasteiger partial charge in [0.1, 0.15) is 5.82 Å². The van der Waals surface area contributed by atoms with Crippen LogP contribution < -0.4 is 0 Å². The predicted molar refractivity (Wildman–Crippen MR) is 151 cm³/mol. The molecule has 39 heavy (non-hydrogen) atoms. The Bertz CT molecular complexity index is 1370. The number of nitrogens with zero attached hydrogens (tertiary/aromatic N) is 3. The van der Waals surface area contributed by atoms with Gasteiger partial charge in [-0.15, -0.1) is 0 Å². The maximum Gasteiger partial charge on any atom is 0.295 e. The first-order valence-electron chi connectivity index (χ1n) is 14.0. The van der Waals surface area contributed by atoms with E-state index in [1.165, 1.54) is 18.6 Å². The topological polar surface area (TPSA) is 62.6 Å². The van der Waals surface area contributed by atoms with Crippen molar-refractivity contribution < 1.29 is 18.8 Å². The Labute approximate surface area is 233 Å².